The van der Waals surface area contributed by atoms with Gasteiger partial charge in [0.1, 0.15) is 6.54 Å². The number of benzene rings is 1. The molecule has 0 saturated carbocycles. The second kappa shape index (κ2) is 6.67. The van der Waals surface area contributed by atoms with Crippen molar-refractivity contribution in [2.24, 2.45) is 0 Å². The summed E-state index contributed by atoms with van der Waals surface area (Å²) in [6.07, 6.45) is 0. The Morgan fingerprint density at radius 2 is 1.88 bits per heavy atom. The number of hydrogen-bond donors (Lipinski definition) is 1. The average molecular weight is 348 g/mol. The van der Waals surface area contributed by atoms with Crippen molar-refractivity contribution in [1.82, 2.24) is 9.80 Å². The fraction of sp³-hybridized carbons (Fsp3) is 0.333. The summed E-state index contributed by atoms with van der Waals surface area (Å²) in [6.45, 7) is 4.11. The molecule has 0 radical (unpaired) electrons. The van der Waals surface area contributed by atoms with Crippen LogP contribution in [0.4, 0.5) is 16.2 Å². The average Bonchev–Trinajstić information content (AvgIpc) is 2.73. The van der Waals surface area contributed by atoms with Crippen molar-refractivity contribution in [3.8, 4) is 0 Å². The van der Waals surface area contributed by atoms with Crippen LogP contribution in [0.3, 0.4) is 0 Å². The van der Waals surface area contributed by atoms with Crippen LogP contribution in [0, 0.1) is 17.0 Å². The molecule has 1 saturated heterocycles. The lowest BCUT2D eigenvalue weighted by Gasteiger charge is -2.18. The number of imide groups is 2. The predicted molar refractivity (Wildman–Crippen MR) is 85.6 cm³/mol. The molecule has 10 heteroatoms. The molecule has 5 amide bonds. The van der Waals surface area contributed by atoms with Gasteiger partial charge in [0.2, 0.25) is 5.91 Å². The molecule has 1 N–H and O–H groups in total. The second-order valence-electron chi connectivity index (χ2n) is 5.75. The molecular formula is C15H16N4O6. The third kappa shape index (κ3) is 3.47. The minimum absolute atomic E-state index is 0.185. The van der Waals surface area contributed by atoms with E-state index in [1.807, 2.05) is 0 Å². The highest BCUT2D eigenvalue weighted by atomic mass is 16.6. The van der Waals surface area contributed by atoms with Crippen LogP contribution < -0.4 is 5.32 Å². The second-order valence-corrected chi connectivity index (χ2v) is 5.75. The Morgan fingerprint density at radius 1 is 1.24 bits per heavy atom. The van der Waals surface area contributed by atoms with E-state index in [1.54, 1.807) is 20.8 Å². The maximum Gasteiger partial charge on any atom is 0.334 e. The Bertz CT molecular complexity index is 788. The molecule has 1 aliphatic rings. The van der Waals surface area contributed by atoms with E-state index in [4.69, 9.17) is 0 Å². The van der Waals surface area contributed by atoms with Crippen LogP contribution >= 0.6 is 0 Å². The van der Waals surface area contributed by atoms with Gasteiger partial charge in [0, 0.05) is 18.2 Å². The van der Waals surface area contributed by atoms with Gasteiger partial charge in [-0.25, -0.2) is 9.69 Å². The van der Waals surface area contributed by atoms with Crippen LogP contribution in [0.5, 0.6) is 0 Å². The molecule has 25 heavy (non-hydrogen) atoms. The van der Waals surface area contributed by atoms with Gasteiger partial charge >= 0.3 is 17.8 Å². The summed E-state index contributed by atoms with van der Waals surface area (Å²) in [5, 5.41) is 13.2. The number of non-ortho nitro benzene ring substituents is 1. The molecule has 0 aromatic heterocycles. The SMILES string of the molecule is Cc1ccc([N+](=O)[O-])cc1NC(=O)CN1C(=O)C(=O)N(C(C)C)C1=O. The minimum atomic E-state index is -1.08. The number of amides is 5. The first-order chi connectivity index (χ1) is 11.6. The molecule has 0 spiro atoms. The number of aryl methyl sites for hydroxylation is 1. The van der Waals surface area contributed by atoms with Crippen LogP contribution in [0.2, 0.25) is 0 Å². The molecule has 132 valence electrons. The van der Waals surface area contributed by atoms with Crippen LogP contribution in [-0.2, 0) is 14.4 Å². The number of nitrogens with zero attached hydrogens (tertiary/aromatic N) is 3. The largest absolute Gasteiger partial charge is 0.334 e. The normalized spacial score (nSPS) is 14.5. The van der Waals surface area contributed by atoms with E-state index >= 15 is 0 Å². The summed E-state index contributed by atoms with van der Waals surface area (Å²) in [4.78, 5) is 59.4. The van der Waals surface area contributed by atoms with Crippen molar-refractivity contribution in [3.05, 3.63) is 33.9 Å². The van der Waals surface area contributed by atoms with Crippen molar-refractivity contribution in [3.63, 3.8) is 0 Å². The molecule has 0 unspecified atom stereocenters. The zero-order valence-electron chi connectivity index (χ0n) is 13.8. The number of anilines is 1. The van der Waals surface area contributed by atoms with Crippen LogP contribution in [0.25, 0.3) is 0 Å². The third-order valence-corrected chi connectivity index (χ3v) is 3.61. The lowest BCUT2D eigenvalue weighted by molar-refractivity contribution is -0.384. The summed E-state index contributed by atoms with van der Waals surface area (Å²) in [7, 11) is 0. The van der Waals surface area contributed by atoms with E-state index in [0.717, 1.165) is 4.90 Å². The highest BCUT2D eigenvalue weighted by Gasteiger charge is 2.46. The Morgan fingerprint density at radius 3 is 2.40 bits per heavy atom. The molecule has 1 heterocycles. The number of carbonyl (C=O) groups is 4. The summed E-state index contributed by atoms with van der Waals surface area (Å²) < 4.78 is 0. The van der Waals surface area contributed by atoms with E-state index in [-0.39, 0.29) is 11.4 Å². The first-order valence-electron chi connectivity index (χ1n) is 7.37. The van der Waals surface area contributed by atoms with Crippen LogP contribution in [-0.4, -0.2) is 51.1 Å². The van der Waals surface area contributed by atoms with Gasteiger partial charge in [-0.3, -0.25) is 29.4 Å². The number of nitro benzene ring substituents is 1. The molecule has 10 nitrogen and oxygen atoms in total. The molecule has 2 rings (SSSR count). The molecule has 0 atom stereocenters. The van der Waals surface area contributed by atoms with Crippen LogP contribution in [0.15, 0.2) is 18.2 Å². The lowest BCUT2D eigenvalue weighted by Crippen LogP contribution is -2.40. The van der Waals surface area contributed by atoms with E-state index in [9.17, 15) is 29.3 Å². The number of rotatable bonds is 5. The molecule has 0 bridgehead atoms. The minimum Gasteiger partial charge on any atom is -0.324 e. The van der Waals surface area contributed by atoms with Gasteiger partial charge in [0.25, 0.3) is 5.69 Å². The van der Waals surface area contributed by atoms with Gasteiger partial charge in [-0.2, -0.15) is 0 Å². The van der Waals surface area contributed by atoms with Crippen molar-refractivity contribution in [2.75, 3.05) is 11.9 Å². The van der Waals surface area contributed by atoms with Crippen molar-refractivity contribution in [1.29, 1.82) is 0 Å². The molecule has 1 fully saturated rings. The number of nitro groups is 1. The molecular weight excluding hydrogens is 332 g/mol. The van der Waals surface area contributed by atoms with E-state index in [0.29, 0.717) is 10.5 Å². The van der Waals surface area contributed by atoms with Gasteiger partial charge in [-0.1, -0.05) is 6.07 Å². The summed E-state index contributed by atoms with van der Waals surface area (Å²) in [5.74, 6) is -2.81. The summed E-state index contributed by atoms with van der Waals surface area (Å²) in [6, 6.07) is 2.54. The Balaban J connectivity index is 2.14. The number of hydrogen-bond acceptors (Lipinski definition) is 6. The lowest BCUT2D eigenvalue weighted by atomic mass is 10.2. The van der Waals surface area contributed by atoms with Crippen molar-refractivity contribution >= 4 is 35.1 Å². The van der Waals surface area contributed by atoms with Crippen molar-refractivity contribution < 1.29 is 24.1 Å². The van der Waals surface area contributed by atoms with E-state index in [1.165, 1.54) is 18.2 Å². The standard InChI is InChI=1S/C15H16N4O6/c1-8(2)18-14(22)13(21)17(15(18)23)7-12(20)16-11-6-10(19(24)25)5-4-9(11)3/h4-6,8H,7H2,1-3H3,(H,16,20). The zero-order valence-corrected chi connectivity index (χ0v) is 13.8. The highest BCUT2D eigenvalue weighted by molar-refractivity contribution is 6.45. The van der Waals surface area contributed by atoms with Gasteiger partial charge in [-0.05, 0) is 26.3 Å². The summed E-state index contributed by atoms with van der Waals surface area (Å²) in [5.41, 5.74) is 0.540. The summed E-state index contributed by atoms with van der Waals surface area (Å²) >= 11 is 0. The quantitative estimate of drug-likeness (QED) is 0.366. The number of urea groups is 1. The van der Waals surface area contributed by atoms with E-state index < -0.39 is 41.3 Å². The zero-order chi connectivity index (χ0) is 18.9. The van der Waals surface area contributed by atoms with E-state index in [2.05, 4.69) is 5.32 Å². The van der Waals surface area contributed by atoms with Crippen molar-refractivity contribution in [2.45, 2.75) is 26.8 Å². The van der Waals surface area contributed by atoms with Gasteiger partial charge in [0.15, 0.2) is 0 Å². The molecule has 0 aliphatic carbocycles. The topological polar surface area (TPSA) is 130 Å². The molecule has 1 aromatic rings. The van der Waals surface area contributed by atoms with Gasteiger partial charge < -0.3 is 5.32 Å². The Hall–Kier alpha value is -3.30. The third-order valence-electron chi connectivity index (χ3n) is 3.61. The smallest absolute Gasteiger partial charge is 0.324 e. The first kappa shape index (κ1) is 18.0. The predicted octanol–water partition coefficient (Wildman–Crippen LogP) is 1.04. The Kier molecular flexibility index (Phi) is 4.82. The van der Waals surface area contributed by atoms with Crippen LogP contribution in [0.1, 0.15) is 19.4 Å². The number of carbonyl (C=O) groups excluding carboxylic acids is 4. The van der Waals surface area contributed by atoms with Gasteiger partial charge in [-0.15, -0.1) is 0 Å². The molecule has 1 aliphatic heterocycles. The molecule has 1 aromatic carbocycles. The monoisotopic (exact) mass is 348 g/mol. The fourth-order valence-corrected chi connectivity index (χ4v) is 2.31. The fourth-order valence-electron chi connectivity index (χ4n) is 2.31. The Labute approximate surface area is 142 Å². The number of nitrogens with one attached hydrogen (secondary N) is 1. The van der Waals surface area contributed by atoms with Gasteiger partial charge in [0.05, 0.1) is 10.6 Å². The highest BCUT2D eigenvalue weighted by Crippen LogP contribution is 2.22. The maximum atomic E-state index is 12.1. The maximum absolute atomic E-state index is 12.1. The first-order valence-corrected chi connectivity index (χ1v) is 7.37.